The summed E-state index contributed by atoms with van der Waals surface area (Å²) in [6.07, 6.45) is 0. The first-order chi connectivity index (χ1) is 13.9. The molecule has 1 aromatic heterocycles. The molecule has 0 saturated heterocycles. The second kappa shape index (κ2) is 8.79. The van der Waals surface area contributed by atoms with Crippen LogP contribution >= 0.6 is 0 Å². The van der Waals surface area contributed by atoms with Crippen molar-refractivity contribution in [3.63, 3.8) is 0 Å². The number of ether oxygens (including phenoxy) is 1. The lowest BCUT2D eigenvalue weighted by atomic mass is 10.1. The zero-order valence-electron chi connectivity index (χ0n) is 17.2. The Balaban J connectivity index is 1.85. The third kappa shape index (κ3) is 4.75. The van der Waals surface area contributed by atoms with E-state index in [1.165, 1.54) is 4.57 Å². The summed E-state index contributed by atoms with van der Waals surface area (Å²) < 4.78 is 6.62. The summed E-state index contributed by atoms with van der Waals surface area (Å²) in [5, 5.41) is 6.94. The number of methoxy groups -OCH3 is 1. The first kappa shape index (κ1) is 20.4. The first-order valence-corrected chi connectivity index (χ1v) is 9.37. The highest BCUT2D eigenvalue weighted by Crippen LogP contribution is 2.20. The van der Waals surface area contributed by atoms with Crippen LogP contribution in [0.2, 0.25) is 0 Å². The Bertz CT molecular complexity index is 1070. The number of nitrogens with zero attached hydrogens (tertiary/aromatic N) is 2. The van der Waals surface area contributed by atoms with Gasteiger partial charge in [0.2, 0.25) is 0 Å². The average Bonchev–Trinajstić information content (AvgIpc) is 2.71. The molecule has 0 radical (unpaired) electrons. The summed E-state index contributed by atoms with van der Waals surface area (Å²) in [5.74, 6) is 0.255. The van der Waals surface area contributed by atoms with Crippen molar-refractivity contribution in [3.05, 3.63) is 64.4 Å². The molecule has 0 fully saturated rings. The number of pyridine rings is 1. The number of likely N-dealkylation sites (N-methyl/N-ethyl adjacent to an activating group) is 1. The number of anilines is 2. The van der Waals surface area contributed by atoms with E-state index in [9.17, 15) is 9.59 Å². The monoisotopic (exact) mass is 394 g/mol. The minimum atomic E-state index is -0.439. The number of aromatic nitrogens is 1. The summed E-state index contributed by atoms with van der Waals surface area (Å²) in [6, 6.07) is 14.4. The van der Waals surface area contributed by atoms with Crippen LogP contribution in [0.3, 0.4) is 0 Å². The van der Waals surface area contributed by atoms with Crippen LogP contribution in [0, 0.1) is 0 Å². The van der Waals surface area contributed by atoms with Gasteiger partial charge in [-0.25, -0.2) is 0 Å². The van der Waals surface area contributed by atoms with Gasteiger partial charge in [-0.2, -0.15) is 0 Å². The molecular formula is C22H26N4O3. The van der Waals surface area contributed by atoms with E-state index in [1.807, 2.05) is 32.3 Å². The molecule has 7 heteroatoms. The minimum Gasteiger partial charge on any atom is -0.497 e. The molecule has 3 rings (SSSR count). The van der Waals surface area contributed by atoms with Crippen molar-refractivity contribution in [1.29, 1.82) is 0 Å². The fourth-order valence-corrected chi connectivity index (χ4v) is 3.03. The van der Waals surface area contributed by atoms with Crippen molar-refractivity contribution in [2.45, 2.75) is 0 Å². The molecule has 0 saturated carbocycles. The van der Waals surface area contributed by atoms with E-state index in [-0.39, 0.29) is 11.1 Å². The van der Waals surface area contributed by atoms with Crippen LogP contribution in [0.15, 0.2) is 53.3 Å². The normalized spacial score (nSPS) is 10.9. The van der Waals surface area contributed by atoms with E-state index < -0.39 is 5.91 Å². The van der Waals surface area contributed by atoms with Crippen molar-refractivity contribution >= 4 is 28.2 Å². The Morgan fingerprint density at radius 3 is 2.41 bits per heavy atom. The summed E-state index contributed by atoms with van der Waals surface area (Å²) in [7, 11) is 7.29. The van der Waals surface area contributed by atoms with Gasteiger partial charge in [0.25, 0.3) is 11.5 Å². The van der Waals surface area contributed by atoms with E-state index in [0.29, 0.717) is 11.4 Å². The third-order valence-corrected chi connectivity index (χ3v) is 4.71. The number of aryl methyl sites for hydroxylation is 1. The maximum atomic E-state index is 12.8. The van der Waals surface area contributed by atoms with Crippen molar-refractivity contribution < 1.29 is 9.53 Å². The number of carbonyl (C=O) groups excluding carboxylic acids is 1. The summed E-state index contributed by atoms with van der Waals surface area (Å²) >= 11 is 0. The molecule has 7 nitrogen and oxygen atoms in total. The molecule has 29 heavy (non-hydrogen) atoms. The number of fused-ring (bicyclic) bond motifs is 1. The Hall–Kier alpha value is -3.32. The number of hydrogen-bond donors (Lipinski definition) is 2. The molecule has 0 aliphatic heterocycles. The van der Waals surface area contributed by atoms with Crippen molar-refractivity contribution in [3.8, 4) is 5.75 Å². The maximum absolute atomic E-state index is 12.8. The van der Waals surface area contributed by atoms with Gasteiger partial charge in [-0.05, 0) is 61.9 Å². The van der Waals surface area contributed by atoms with Gasteiger partial charge in [0.05, 0.1) is 12.6 Å². The molecule has 152 valence electrons. The molecule has 0 atom stereocenters. The molecule has 0 aliphatic rings. The zero-order valence-corrected chi connectivity index (χ0v) is 17.2. The van der Waals surface area contributed by atoms with E-state index >= 15 is 0 Å². The highest BCUT2D eigenvalue weighted by molar-refractivity contribution is 6.06. The summed E-state index contributed by atoms with van der Waals surface area (Å²) in [4.78, 5) is 27.6. The van der Waals surface area contributed by atoms with E-state index in [0.717, 1.165) is 29.7 Å². The quantitative estimate of drug-likeness (QED) is 0.645. The van der Waals surface area contributed by atoms with Crippen LogP contribution in [0.25, 0.3) is 10.9 Å². The maximum Gasteiger partial charge on any atom is 0.263 e. The Morgan fingerprint density at radius 2 is 1.76 bits per heavy atom. The number of nitrogens with one attached hydrogen (secondary N) is 2. The number of amides is 1. The lowest BCUT2D eigenvalue weighted by Crippen LogP contribution is -2.28. The van der Waals surface area contributed by atoms with Gasteiger partial charge in [0, 0.05) is 31.5 Å². The molecule has 0 spiro atoms. The SMILES string of the molecule is COc1ccc(NC(=O)c2cc3ccc(NCCN(C)C)cc3n(C)c2=O)cc1. The second-order valence-electron chi connectivity index (χ2n) is 7.11. The lowest BCUT2D eigenvalue weighted by Gasteiger charge is -2.14. The smallest absolute Gasteiger partial charge is 0.263 e. The molecule has 1 amide bonds. The van der Waals surface area contributed by atoms with Crippen LogP contribution in [0.4, 0.5) is 11.4 Å². The second-order valence-corrected chi connectivity index (χ2v) is 7.11. The number of carbonyl (C=O) groups is 1. The lowest BCUT2D eigenvalue weighted by molar-refractivity contribution is 0.102. The number of hydrogen-bond acceptors (Lipinski definition) is 5. The summed E-state index contributed by atoms with van der Waals surface area (Å²) in [5.41, 5.74) is 2.06. The highest BCUT2D eigenvalue weighted by atomic mass is 16.5. The molecule has 2 aromatic carbocycles. The molecule has 1 heterocycles. The first-order valence-electron chi connectivity index (χ1n) is 9.37. The molecule has 3 aromatic rings. The van der Waals surface area contributed by atoms with Gasteiger partial charge in [-0.3, -0.25) is 9.59 Å². The number of rotatable bonds is 7. The van der Waals surface area contributed by atoms with E-state index in [1.54, 1.807) is 44.5 Å². The molecule has 0 aliphatic carbocycles. The highest BCUT2D eigenvalue weighted by Gasteiger charge is 2.15. The van der Waals surface area contributed by atoms with E-state index in [2.05, 4.69) is 15.5 Å². The predicted octanol–water partition coefficient (Wildman–Crippen LogP) is 2.77. The minimum absolute atomic E-state index is 0.101. The fraction of sp³-hybridized carbons (Fsp3) is 0.273. The third-order valence-electron chi connectivity index (χ3n) is 4.71. The van der Waals surface area contributed by atoms with Gasteiger partial charge in [0.1, 0.15) is 11.3 Å². The van der Waals surface area contributed by atoms with Gasteiger partial charge in [-0.15, -0.1) is 0 Å². The largest absolute Gasteiger partial charge is 0.497 e. The Labute approximate surface area is 169 Å². The Morgan fingerprint density at radius 1 is 1.07 bits per heavy atom. The van der Waals surface area contributed by atoms with Gasteiger partial charge >= 0.3 is 0 Å². The van der Waals surface area contributed by atoms with Crippen molar-refractivity contribution in [2.75, 3.05) is 44.9 Å². The number of benzene rings is 2. The predicted molar refractivity (Wildman–Crippen MR) is 117 cm³/mol. The topological polar surface area (TPSA) is 75.6 Å². The molecular weight excluding hydrogens is 368 g/mol. The van der Waals surface area contributed by atoms with E-state index in [4.69, 9.17) is 4.74 Å². The van der Waals surface area contributed by atoms with Crippen LogP contribution in [0.1, 0.15) is 10.4 Å². The molecule has 0 unspecified atom stereocenters. The van der Waals surface area contributed by atoms with Gasteiger partial charge in [0.15, 0.2) is 0 Å². The van der Waals surface area contributed by atoms with Crippen LogP contribution in [0.5, 0.6) is 5.75 Å². The van der Waals surface area contributed by atoms with Crippen molar-refractivity contribution in [2.24, 2.45) is 7.05 Å². The van der Waals surface area contributed by atoms with Gasteiger partial charge < -0.3 is 24.8 Å². The average molecular weight is 394 g/mol. The summed E-state index contributed by atoms with van der Waals surface area (Å²) in [6.45, 7) is 1.70. The van der Waals surface area contributed by atoms with Crippen LogP contribution in [-0.4, -0.2) is 49.7 Å². The fourth-order valence-electron chi connectivity index (χ4n) is 3.03. The Kier molecular flexibility index (Phi) is 6.19. The zero-order chi connectivity index (χ0) is 21.0. The van der Waals surface area contributed by atoms with Crippen LogP contribution in [-0.2, 0) is 7.05 Å². The van der Waals surface area contributed by atoms with Crippen LogP contribution < -0.4 is 20.9 Å². The van der Waals surface area contributed by atoms with Gasteiger partial charge in [-0.1, -0.05) is 6.07 Å². The standard InChI is InChI=1S/C22H26N4O3/c1-25(2)12-11-23-17-6-5-15-13-19(22(28)26(3)20(15)14-17)21(27)24-16-7-9-18(29-4)10-8-16/h5-10,13-14,23H,11-12H2,1-4H3,(H,24,27). The molecule has 2 N–H and O–H groups in total. The van der Waals surface area contributed by atoms with Crippen molar-refractivity contribution in [1.82, 2.24) is 9.47 Å². The molecule has 0 bridgehead atoms.